The number of likely N-dealkylation sites (N-methyl/N-ethyl adjacent to an activating group) is 1. The van der Waals surface area contributed by atoms with Crippen LogP contribution in [0.1, 0.15) is 37.2 Å². The SMILES string of the molecule is CCN1CCN([C@@H](c2cc3cc4c(cc3[nH]c2=O)OCO4)c2nnnn2C[C@@H]2CCCO2)CC1. The number of H-pyrrole nitrogens is 1. The van der Waals surface area contributed by atoms with E-state index < -0.39 is 0 Å². The van der Waals surface area contributed by atoms with Gasteiger partial charge in [0.05, 0.1) is 18.2 Å². The van der Waals surface area contributed by atoms with Crippen LogP contribution in [0.5, 0.6) is 11.5 Å². The van der Waals surface area contributed by atoms with Crippen molar-refractivity contribution in [2.45, 2.75) is 38.5 Å². The quantitative estimate of drug-likeness (QED) is 0.571. The highest BCUT2D eigenvalue weighted by Crippen LogP contribution is 2.36. The number of piperazine rings is 1. The van der Waals surface area contributed by atoms with Gasteiger partial charge >= 0.3 is 0 Å². The van der Waals surface area contributed by atoms with Gasteiger partial charge in [0.15, 0.2) is 17.3 Å². The summed E-state index contributed by atoms with van der Waals surface area (Å²) in [7, 11) is 0. The molecule has 1 aromatic carbocycles. The number of hydrogen-bond acceptors (Lipinski definition) is 9. The van der Waals surface area contributed by atoms with Gasteiger partial charge in [0.2, 0.25) is 6.79 Å². The number of aromatic amines is 1. The smallest absolute Gasteiger partial charge is 0.253 e. The molecule has 2 saturated heterocycles. The fourth-order valence-electron chi connectivity index (χ4n) is 5.17. The number of tetrazole rings is 1. The summed E-state index contributed by atoms with van der Waals surface area (Å²) in [4.78, 5) is 21.2. The van der Waals surface area contributed by atoms with Crippen molar-refractivity contribution < 1.29 is 14.2 Å². The van der Waals surface area contributed by atoms with Crippen LogP contribution in [0.25, 0.3) is 10.9 Å². The molecule has 5 heterocycles. The van der Waals surface area contributed by atoms with Crippen LogP contribution in [-0.2, 0) is 11.3 Å². The minimum Gasteiger partial charge on any atom is -0.454 e. The van der Waals surface area contributed by atoms with Crippen LogP contribution in [0.15, 0.2) is 23.0 Å². The first-order chi connectivity index (χ1) is 16.7. The summed E-state index contributed by atoms with van der Waals surface area (Å²) in [6, 6.07) is 5.31. The molecule has 2 atom stereocenters. The third kappa shape index (κ3) is 3.93. The number of ether oxygens (including phenoxy) is 3. The highest BCUT2D eigenvalue weighted by molar-refractivity contribution is 5.83. The van der Waals surface area contributed by atoms with E-state index in [0.29, 0.717) is 34.9 Å². The zero-order valence-electron chi connectivity index (χ0n) is 19.3. The Labute approximate surface area is 196 Å². The maximum absolute atomic E-state index is 13.4. The van der Waals surface area contributed by atoms with Crippen molar-refractivity contribution in [2.75, 3.05) is 46.1 Å². The third-order valence-electron chi connectivity index (χ3n) is 7.08. The monoisotopic (exact) mass is 467 g/mol. The number of rotatable bonds is 6. The summed E-state index contributed by atoms with van der Waals surface area (Å²) in [5, 5.41) is 13.6. The Morgan fingerprint density at radius 2 is 1.97 bits per heavy atom. The lowest BCUT2D eigenvalue weighted by molar-refractivity contribution is 0.0860. The zero-order chi connectivity index (χ0) is 23.1. The second-order valence-corrected chi connectivity index (χ2v) is 9.07. The predicted molar refractivity (Wildman–Crippen MR) is 123 cm³/mol. The fraction of sp³-hybridized carbons (Fsp3) is 0.565. The van der Waals surface area contributed by atoms with Crippen LogP contribution in [0.4, 0.5) is 0 Å². The number of fused-ring (bicyclic) bond motifs is 2. The lowest BCUT2D eigenvalue weighted by atomic mass is 10.0. The molecule has 0 spiro atoms. The molecule has 3 aliphatic rings. The molecule has 0 amide bonds. The molecule has 0 radical (unpaired) electrons. The average Bonchev–Trinajstić information content (AvgIpc) is 3.62. The van der Waals surface area contributed by atoms with Crippen LogP contribution >= 0.6 is 0 Å². The van der Waals surface area contributed by atoms with Gasteiger partial charge in [-0.05, 0) is 41.9 Å². The molecule has 1 N–H and O–H groups in total. The van der Waals surface area contributed by atoms with Crippen LogP contribution in [0.3, 0.4) is 0 Å². The normalized spacial score (nSPS) is 22.0. The van der Waals surface area contributed by atoms with E-state index >= 15 is 0 Å². The van der Waals surface area contributed by atoms with Crippen LogP contribution in [-0.4, -0.2) is 87.2 Å². The van der Waals surface area contributed by atoms with Gasteiger partial charge < -0.3 is 24.1 Å². The summed E-state index contributed by atoms with van der Waals surface area (Å²) < 4.78 is 18.7. The molecular formula is C23H29N7O4. The summed E-state index contributed by atoms with van der Waals surface area (Å²) in [6.45, 7) is 8.24. The molecule has 6 rings (SSSR count). The molecule has 0 bridgehead atoms. The van der Waals surface area contributed by atoms with E-state index in [1.807, 2.05) is 22.9 Å². The van der Waals surface area contributed by atoms with Crippen LogP contribution in [0, 0.1) is 0 Å². The van der Waals surface area contributed by atoms with E-state index in [0.717, 1.165) is 57.6 Å². The first kappa shape index (κ1) is 21.5. The van der Waals surface area contributed by atoms with Crippen LogP contribution in [0.2, 0.25) is 0 Å². The van der Waals surface area contributed by atoms with Crippen molar-refractivity contribution in [2.24, 2.45) is 0 Å². The Hall–Kier alpha value is -3.02. The number of hydrogen-bond donors (Lipinski definition) is 1. The molecule has 0 saturated carbocycles. The molecule has 11 heteroatoms. The Balaban J connectivity index is 1.42. The van der Waals surface area contributed by atoms with Gasteiger partial charge in [0, 0.05) is 49.8 Å². The van der Waals surface area contributed by atoms with Crippen LogP contribution < -0.4 is 15.0 Å². The number of benzene rings is 1. The summed E-state index contributed by atoms with van der Waals surface area (Å²) in [5.74, 6) is 2.00. The van der Waals surface area contributed by atoms with Gasteiger partial charge in [-0.25, -0.2) is 4.68 Å². The molecule has 3 aliphatic heterocycles. The molecule has 0 unspecified atom stereocenters. The average molecular weight is 468 g/mol. The molecule has 34 heavy (non-hydrogen) atoms. The van der Waals surface area contributed by atoms with Gasteiger partial charge in [0.25, 0.3) is 5.56 Å². The minimum atomic E-state index is -0.367. The largest absolute Gasteiger partial charge is 0.454 e. The molecule has 3 aromatic rings. The Morgan fingerprint density at radius 3 is 2.74 bits per heavy atom. The molecule has 2 fully saturated rings. The van der Waals surface area contributed by atoms with Crippen molar-refractivity contribution in [1.82, 2.24) is 35.0 Å². The second kappa shape index (κ2) is 8.97. The van der Waals surface area contributed by atoms with E-state index in [2.05, 4.69) is 37.2 Å². The van der Waals surface area contributed by atoms with Gasteiger partial charge in [0.1, 0.15) is 6.04 Å². The maximum Gasteiger partial charge on any atom is 0.253 e. The summed E-state index contributed by atoms with van der Waals surface area (Å²) in [5.41, 5.74) is 1.19. The van der Waals surface area contributed by atoms with E-state index in [4.69, 9.17) is 14.2 Å². The van der Waals surface area contributed by atoms with Gasteiger partial charge in [-0.2, -0.15) is 0 Å². The van der Waals surface area contributed by atoms with E-state index in [1.54, 1.807) is 0 Å². The first-order valence-electron chi connectivity index (χ1n) is 12.0. The number of pyridine rings is 1. The Bertz CT molecular complexity index is 1230. The summed E-state index contributed by atoms with van der Waals surface area (Å²) in [6.07, 6.45) is 2.13. The Kier molecular flexibility index (Phi) is 5.67. The maximum atomic E-state index is 13.4. The predicted octanol–water partition coefficient (Wildman–Crippen LogP) is 1.15. The van der Waals surface area contributed by atoms with Gasteiger partial charge in [-0.1, -0.05) is 6.92 Å². The molecule has 180 valence electrons. The highest BCUT2D eigenvalue weighted by Gasteiger charge is 2.33. The number of aromatic nitrogens is 5. The molecular weight excluding hydrogens is 438 g/mol. The van der Waals surface area contributed by atoms with Crippen molar-refractivity contribution >= 4 is 10.9 Å². The van der Waals surface area contributed by atoms with Crippen molar-refractivity contribution in [3.8, 4) is 11.5 Å². The third-order valence-corrected chi connectivity index (χ3v) is 7.08. The summed E-state index contributed by atoms with van der Waals surface area (Å²) >= 11 is 0. The van der Waals surface area contributed by atoms with E-state index in [-0.39, 0.29) is 24.5 Å². The molecule has 2 aromatic heterocycles. The fourth-order valence-corrected chi connectivity index (χ4v) is 5.17. The van der Waals surface area contributed by atoms with Crippen molar-refractivity contribution in [3.63, 3.8) is 0 Å². The van der Waals surface area contributed by atoms with E-state index in [9.17, 15) is 4.79 Å². The molecule has 11 nitrogen and oxygen atoms in total. The number of nitrogens with one attached hydrogen (secondary N) is 1. The first-order valence-corrected chi connectivity index (χ1v) is 12.0. The van der Waals surface area contributed by atoms with E-state index in [1.165, 1.54) is 0 Å². The van der Waals surface area contributed by atoms with Gasteiger partial charge in [-0.15, -0.1) is 5.10 Å². The number of nitrogens with zero attached hydrogens (tertiary/aromatic N) is 6. The topological polar surface area (TPSA) is 111 Å². The standard InChI is InChI=1S/C23H29N7O4/c1-2-28-5-7-29(8-6-28)21(22-25-26-27-30(22)13-16-4-3-9-32-16)17-10-15-11-19-20(34-14-33-19)12-18(15)24-23(17)31/h10-12,16,21H,2-9,13-14H2,1H3,(H,24,31)/t16-,21-/m0/s1. The lowest BCUT2D eigenvalue weighted by Crippen LogP contribution is -2.49. The Morgan fingerprint density at radius 1 is 1.15 bits per heavy atom. The highest BCUT2D eigenvalue weighted by atomic mass is 16.7. The lowest BCUT2D eigenvalue weighted by Gasteiger charge is -2.38. The minimum absolute atomic E-state index is 0.0921. The second-order valence-electron chi connectivity index (χ2n) is 9.07. The zero-order valence-corrected chi connectivity index (χ0v) is 19.3. The van der Waals surface area contributed by atoms with Crippen molar-refractivity contribution in [1.29, 1.82) is 0 Å². The molecule has 0 aliphatic carbocycles. The van der Waals surface area contributed by atoms with Gasteiger partial charge in [-0.3, -0.25) is 9.69 Å². The van der Waals surface area contributed by atoms with Crippen molar-refractivity contribution in [3.05, 3.63) is 39.9 Å².